The second kappa shape index (κ2) is 10.9. The monoisotopic (exact) mass is 447 g/mol. The molecule has 0 bridgehead atoms. The predicted octanol–water partition coefficient (Wildman–Crippen LogP) is 5.43. The molecule has 1 N–H and O–H groups in total. The van der Waals surface area contributed by atoms with E-state index in [1.165, 1.54) is 0 Å². The van der Waals surface area contributed by atoms with Crippen molar-refractivity contribution in [2.45, 2.75) is 57.5 Å². The summed E-state index contributed by atoms with van der Waals surface area (Å²) in [7, 11) is 3.32. The van der Waals surface area contributed by atoms with Gasteiger partial charge in [0, 0.05) is 6.54 Å². The molecular weight excluding hydrogens is 418 g/mol. The van der Waals surface area contributed by atoms with Crippen molar-refractivity contribution in [3.63, 3.8) is 0 Å². The molecule has 0 aliphatic rings. The Morgan fingerprint density at radius 1 is 1.27 bits per heavy atom. The molecule has 0 spiro atoms. The summed E-state index contributed by atoms with van der Waals surface area (Å²) >= 11 is 5.38. The topological polar surface area (TPSA) is 56.8 Å². The number of carbonyl (C=O) groups is 1. The summed E-state index contributed by atoms with van der Waals surface area (Å²) in [6.45, 7) is 8.16. The molecule has 1 aromatic rings. The Labute approximate surface area is 169 Å². The maximum atomic E-state index is 11.8. The van der Waals surface area contributed by atoms with E-state index in [4.69, 9.17) is 14.2 Å². The van der Waals surface area contributed by atoms with Crippen molar-refractivity contribution in [3.8, 4) is 11.5 Å². The highest BCUT2D eigenvalue weighted by atomic mass is 79.9. The molecule has 1 amide bonds. The molecule has 5 nitrogen and oxygen atoms in total. The smallest absolute Gasteiger partial charge is 0.407 e. The van der Waals surface area contributed by atoms with Crippen LogP contribution in [0.3, 0.4) is 0 Å². The number of hydrogen-bond acceptors (Lipinski definition) is 5. The van der Waals surface area contributed by atoms with E-state index in [2.05, 4.69) is 28.2 Å². The number of nitrogens with one attached hydrogen (secondary N) is 1. The molecule has 1 rings (SSSR count). The summed E-state index contributed by atoms with van der Waals surface area (Å²) in [6, 6.07) is 2.00. The molecule has 0 aliphatic heterocycles. The molecule has 148 valence electrons. The van der Waals surface area contributed by atoms with Crippen molar-refractivity contribution in [2.75, 3.05) is 26.5 Å². The minimum atomic E-state index is -0.505. The van der Waals surface area contributed by atoms with Crippen LogP contribution in [-0.2, 0) is 11.2 Å². The Kier molecular flexibility index (Phi) is 9.64. The van der Waals surface area contributed by atoms with Gasteiger partial charge in [-0.05, 0) is 66.9 Å². The summed E-state index contributed by atoms with van der Waals surface area (Å²) in [5.74, 6) is 2.58. The van der Waals surface area contributed by atoms with E-state index in [1.54, 1.807) is 26.0 Å². The maximum Gasteiger partial charge on any atom is 0.407 e. The molecule has 0 heterocycles. The van der Waals surface area contributed by atoms with Gasteiger partial charge in [0.1, 0.15) is 11.4 Å². The maximum absolute atomic E-state index is 11.8. The van der Waals surface area contributed by atoms with E-state index in [0.29, 0.717) is 13.0 Å². The molecule has 0 aliphatic carbocycles. The first-order valence-corrected chi connectivity index (χ1v) is 10.5. The molecule has 0 aromatic heterocycles. The van der Waals surface area contributed by atoms with Crippen molar-refractivity contribution in [2.24, 2.45) is 0 Å². The quantitative estimate of drug-likeness (QED) is 0.404. The Hall–Kier alpha value is -1.08. The number of rotatable bonds is 9. The highest BCUT2D eigenvalue weighted by molar-refractivity contribution is 9.10. The van der Waals surface area contributed by atoms with Crippen LogP contribution in [0, 0.1) is 0 Å². The van der Waals surface area contributed by atoms with Crippen LogP contribution in [0.4, 0.5) is 4.79 Å². The number of thioether (sulfide) groups is 1. The zero-order valence-corrected chi connectivity index (χ0v) is 18.9. The lowest BCUT2D eigenvalue weighted by Crippen LogP contribution is -2.33. The molecule has 0 fully saturated rings. The van der Waals surface area contributed by atoms with Gasteiger partial charge in [0.2, 0.25) is 0 Å². The average Bonchev–Trinajstić information content (AvgIpc) is 2.55. The van der Waals surface area contributed by atoms with E-state index in [9.17, 15) is 4.79 Å². The van der Waals surface area contributed by atoms with Crippen LogP contribution in [0.5, 0.6) is 11.5 Å². The van der Waals surface area contributed by atoms with Crippen LogP contribution in [0.1, 0.15) is 46.1 Å². The zero-order valence-electron chi connectivity index (χ0n) is 16.5. The van der Waals surface area contributed by atoms with Gasteiger partial charge in [-0.1, -0.05) is 13.3 Å². The van der Waals surface area contributed by atoms with Gasteiger partial charge in [0.25, 0.3) is 0 Å². The number of unbranched alkanes of at least 4 members (excludes halogenated alkanes) is 1. The number of carbonyl (C=O) groups excluding carboxylic acids is 1. The highest BCUT2D eigenvalue weighted by Crippen LogP contribution is 2.45. The van der Waals surface area contributed by atoms with Crippen LogP contribution in [0.15, 0.2) is 15.4 Å². The first-order chi connectivity index (χ1) is 12.2. The van der Waals surface area contributed by atoms with Crippen LogP contribution in [0.2, 0.25) is 0 Å². The first kappa shape index (κ1) is 23.0. The zero-order chi connectivity index (χ0) is 19.7. The van der Waals surface area contributed by atoms with Gasteiger partial charge < -0.3 is 19.5 Å². The van der Waals surface area contributed by atoms with E-state index >= 15 is 0 Å². The summed E-state index contributed by atoms with van der Waals surface area (Å²) in [5, 5.41) is 2.78. The highest BCUT2D eigenvalue weighted by Gasteiger charge is 2.19. The summed E-state index contributed by atoms with van der Waals surface area (Å²) in [5.41, 5.74) is 0.503. The summed E-state index contributed by atoms with van der Waals surface area (Å²) < 4.78 is 17.3. The number of methoxy groups -OCH3 is 2. The van der Waals surface area contributed by atoms with Crippen molar-refractivity contribution < 1.29 is 19.0 Å². The number of hydrogen-bond donors (Lipinski definition) is 1. The van der Waals surface area contributed by atoms with Crippen LogP contribution >= 0.6 is 27.7 Å². The molecule has 0 saturated heterocycles. The normalized spacial score (nSPS) is 11.2. The Balaban J connectivity index is 2.87. The van der Waals surface area contributed by atoms with E-state index < -0.39 is 11.7 Å². The number of alkyl carbamates (subject to hydrolysis) is 1. The van der Waals surface area contributed by atoms with Crippen molar-refractivity contribution in [1.82, 2.24) is 5.32 Å². The van der Waals surface area contributed by atoms with Gasteiger partial charge in [-0.2, -0.15) is 0 Å². The SMILES string of the molecule is CCCCSc1c(OC)cc(CCNC(=O)OC(C)(C)C)c(Br)c1OC. The summed E-state index contributed by atoms with van der Waals surface area (Å²) in [4.78, 5) is 12.8. The molecule has 1 aromatic carbocycles. The van der Waals surface area contributed by atoms with E-state index in [0.717, 1.165) is 45.0 Å². The second-order valence-corrected chi connectivity index (χ2v) is 8.69. The van der Waals surface area contributed by atoms with Crippen LogP contribution in [-0.4, -0.2) is 38.2 Å². The lowest BCUT2D eigenvalue weighted by molar-refractivity contribution is 0.0528. The lowest BCUT2D eigenvalue weighted by atomic mass is 10.1. The molecule has 7 heteroatoms. The van der Waals surface area contributed by atoms with Gasteiger partial charge in [-0.15, -0.1) is 11.8 Å². The predicted molar refractivity (Wildman–Crippen MR) is 111 cm³/mol. The minimum absolute atomic E-state index is 0.417. The minimum Gasteiger partial charge on any atom is -0.495 e. The second-order valence-electron chi connectivity index (χ2n) is 6.79. The van der Waals surface area contributed by atoms with Crippen molar-refractivity contribution >= 4 is 33.8 Å². The third kappa shape index (κ3) is 7.27. The third-order valence-electron chi connectivity index (χ3n) is 3.45. The number of ether oxygens (including phenoxy) is 3. The molecule has 0 atom stereocenters. The molecule has 0 saturated carbocycles. The van der Waals surface area contributed by atoms with Crippen LogP contribution in [0.25, 0.3) is 0 Å². The van der Waals surface area contributed by atoms with Gasteiger partial charge in [-0.25, -0.2) is 4.79 Å². The number of benzene rings is 1. The molecule has 26 heavy (non-hydrogen) atoms. The van der Waals surface area contributed by atoms with Gasteiger partial charge in [0.05, 0.1) is 23.6 Å². The van der Waals surface area contributed by atoms with Gasteiger partial charge in [-0.3, -0.25) is 0 Å². The van der Waals surface area contributed by atoms with Crippen molar-refractivity contribution in [3.05, 3.63) is 16.1 Å². The third-order valence-corrected chi connectivity index (χ3v) is 5.48. The fourth-order valence-corrected chi connectivity index (χ4v) is 4.27. The Morgan fingerprint density at radius 3 is 2.50 bits per heavy atom. The van der Waals surface area contributed by atoms with E-state index in [-0.39, 0.29) is 0 Å². The van der Waals surface area contributed by atoms with Gasteiger partial charge >= 0.3 is 6.09 Å². The lowest BCUT2D eigenvalue weighted by Gasteiger charge is -2.20. The average molecular weight is 448 g/mol. The molecule has 0 radical (unpaired) electrons. The summed E-state index contributed by atoms with van der Waals surface area (Å²) in [6.07, 6.45) is 2.50. The van der Waals surface area contributed by atoms with Crippen molar-refractivity contribution in [1.29, 1.82) is 0 Å². The number of halogens is 1. The largest absolute Gasteiger partial charge is 0.495 e. The fourth-order valence-electron chi connectivity index (χ4n) is 2.23. The first-order valence-electron chi connectivity index (χ1n) is 8.76. The molecular formula is C19H30BrNO4S. The fraction of sp³-hybridized carbons (Fsp3) is 0.632. The van der Waals surface area contributed by atoms with Crippen LogP contribution < -0.4 is 14.8 Å². The molecule has 0 unspecified atom stereocenters. The standard InChI is InChI=1S/C19H30BrNO4S/c1-7-8-11-26-17-14(23-5)12-13(15(20)16(17)24-6)9-10-21-18(22)25-19(2,3)4/h12H,7-11H2,1-6H3,(H,21,22). The van der Waals surface area contributed by atoms with Gasteiger partial charge in [0.15, 0.2) is 5.75 Å². The number of amides is 1. The Bertz CT molecular complexity index is 602. The Morgan fingerprint density at radius 2 is 1.96 bits per heavy atom. The van der Waals surface area contributed by atoms with E-state index in [1.807, 2.05) is 26.8 Å².